The van der Waals surface area contributed by atoms with Crippen LogP contribution in [0.3, 0.4) is 0 Å². The minimum Gasteiger partial charge on any atom is -0.370 e. The van der Waals surface area contributed by atoms with Crippen molar-refractivity contribution >= 4 is 17.5 Å². The van der Waals surface area contributed by atoms with Gasteiger partial charge in [0.05, 0.1) is 0 Å². The van der Waals surface area contributed by atoms with Gasteiger partial charge in [0.25, 0.3) is 0 Å². The molecule has 1 fully saturated rings. The zero-order chi connectivity index (χ0) is 14.4. The van der Waals surface area contributed by atoms with E-state index in [9.17, 15) is 4.79 Å². The summed E-state index contributed by atoms with van der Waals surface area (Å²) >= 11 is 0. The third-order valence-electron chi connectivity index (χ3n) is 3.44. The van der Waals surface area contributed by atoms with Gasteiger partial charge in [0, 0.05) is 31.1 Å². The summed E-state index contributed by atoms with van der Waals surface area (Å²) in [6, 6.07) is 0.203. The highest BCUT2D eigenvalue weighted by Gasteiger charge is 2.20. The molecule has 2 heterocycles. The zero-order valence-corrected chi connectivity index (χ0v) is 12.2. The van der Waals surface area contributed by atoms with Crippen LogP contribution in [0.4, 0.5) is 11.6 Å². The topological polar surface area (TPSA) is 78.9 Å². The van der Waals surface area contributed by atoms with E-state index >= 15 is 0 Å². The van der Waals surface area contributed by atoms with E-state index < -0.39 is 0 Å². The molecule has 0 saturated carbocycles. The zero-order valence-electron chi connectivity index (χ0n) is 12.2. The van der Waals surface area contributed by atoms with Crippen molar-refractivity contribution in [2.24, 2.45) is 0 Å². The maximum atomic E-state index is 11.2. The number of carbonyl (C=O) groups is 1. The minimum atomic E-state index is 0.139. The van der Waals surface area contributed by atoms with E-state index in [1.54, 1.807) is 6.33 Å². The first-order valence-corrected chi connectivity index (χ1v) is 7.35. The molecule has 1 aromatic rings. The van der Waals surface area contributed by atoms with E-state index in [0.29, 0.717) is 13.0 Å². The number of nitrogens with one attached hydrogen (secondary N) is 3. The lowest BCUT2D eigenvalue weighted by Crippen LogP contribution is -2.32. The van der Waals surface area contributed by atoms with Crippen molar-refractivity contribution in [2.75, 3.05) is 23.7 Å². The molecule has 3 N–H and O–H groups in total. The SMILES string of the molecule is CCCNc1ncnc(NCC2CCC(=O)N2)c1CC. The summed E-state index contributed by atoms with van der Waals surface area (Å²) in [6.45, 7) is 5.84. The molecule has 6 heteroatoms. The van der Waals surface area contributed by atoms with Crippen LogP contribution >= 0.6 is 0 Å². The van der Waals surface area contributed by atoms with Crippen LogP contribution in [-0.4, -0.2) is 35.0 Å². The summed E-state index contributed by atoms with van der Waals surface area (Å²) in [5.41, 5.74) is 1.10. The Morgan fingerprint density at radius 3 is 2.65 bits per heavy atom. The van der Waals surface area contributed by atoms with Gasteiger partial charge in [-0.3, -0.25) is 4.79 Å². The highest BCUT2D eigenvalue weighted by Crippen LogP contribution is 2.20. The molecule has 1 aromatic heterocycles. The molecule has 1 aliphatic heterocycles. The van der Waals surface area contributed by atoms with Crippen LogP contribution in [0.1, 0.15) is 38.7 Å². The molecule has 0 aliphatic carbocycles. The van der Waals surface area contributed by atoms with Crippen molar-refractivity contribution in [1.29, 1.82) is 0 Å². The molecule has 0 aromatic carbocycles. The Bertz CT molecular complexity index is 463. The number of hydrogen-bond donors (Lipinski definition) is 3. The predicted molar refractivity (Wildman–Crippen MR) is 79.8 cm³/mol. The first-order valence-electron chi connectivity index (χ1n) is 7.35. The number of nitrogens with zero attached hydrogens (tertiary/aromatic N) is 2. The lowest BCUT2D eigenvalue weighted by Gasteiger charge is -2.16. The van der Waals surface area contributed by atoms with Crippen LogP contribution in [0, 0.1) is 0 Å². The second-order valence-corrected chi connectivity index (χ2v) is 5.01. The van der Waals surface area contributed by atoms with E-state index in [2.05, 4.69) is 39.8 Å². The van der Waals surface area contributed by atoms with Crippen LogP contribution in [0.15, 0.2) is 6.33 Å². The molecule has 20 heavy (non-hydrogen) atoms. The molecule has 0 radical (unpaired) electrons. The van der Waals surface area contributed by atoms with Gasteiger partial charge in [-0.2, -0.15) is 0 Å². The number of amides is 1. The number of aromatic nitrogens is 2. The summed E-state index contributed by atoms with van der Waals surface area (Å²) in [4.78, 5) is 19.8. The Kier molecular flexibility index (Phi) is 5.15. The van der Waals surface area contributed by atoms with Gasteiger partial charge in [-0.1, -0.05) is 13.8 Å². The molecular formula is C14H23N5O. The highest BCUT2D eigenvalue weighted by molar-refractivity contribution is 5.78. The Morgan fingerprint density at radius 2 is 2.05 bits per heavy atom. The van der Waals surface area contributed by atoms with Crippen molar-refractivity contribution in [3.63, 3.8) is 0 Å². The number of rotatable bonds is 7. The fourth-order valence-electron chi connectivity index (χ4n) is 2.35. The summed E-state index contributed by atoms with van der Waals surface area (Å²) in [5, 5.41) is 9.62. The molecule has 2 rings (SSSR count). The fraction of sp³-hybridized carbons (Fsp3) is 0.643. The van der Waals surface area contributed by atoms with Gasteiger partial charge in [0.15, 0.2) is 0 Å². The van der Waals surface area contributed by atoms with Gasteiger partial charge >= 0.3 is 0 Å². The first kappa shape index (κ1) is 14.6. The number of anilines is 2. The van der Waals surface area contributed by atoms with Crippen molar-refractivity contribution in [1.82, 2.24) is 15.3 Å². The molecule has 0 spiro atoms. The molecule has 6 nitrogen and oxygen atoms in total. The Morgan fingerprint density at radius 1 is 1.30 bits per heavy atom. The van der Waals surface area contributed by atoms with Gasteiger partial charge < -0.3 is 16.0 Å². The number of carbonyl (C=O) groups excluding carboxylic acids is 1. The van der Waals surface area contributed by atoms with Crippen LogP contribution in [0.25, 0.3) is 0 Å². The van der Waals surface area contributed by atoms with E-state index in [1.165, 1.54) is 0 Å². The standard InChI is InChI=1S/C14H23N5O/c1-3-7-15-13-11(4-2)14(18-9-17-13)16-8-10-5-6-12(20)19-10/h9-10H,3-8H2,1-2H3,(H,19,20)(H2,15,16,17,18). The molecular weight excluding hydrogens is 254 g/mol. The van der Waals surface area contributed by atoms with Gasteiger partial charge in [0.1, 0.15) is 18.0 Å². The fourth-order valence-corrected chi connectivity index (χ4v) is 2.35. The van der Waals surface area contributed by atoms with Crippen molar-refractivity contribution < 1.29 is 4.79 Å². The van der Waals surface area contributed by atoms with Gasteiger partial charge in [-0.15, -0.1) is 0 Å². The third kappa shape index (κ3) is 3.59. The van der Waals surface area contributed by atoms with Crippen molar-refractivity contribution in [3.05, 3.63) is 11.9 Å². The Labute approximate surface area is 119 Å². The molecule has 110 valence electrons. The van der Waals surface area contributed by atoms with Gasteiger partial charge in [0.2, 0.25) is 5.91 Å². The lowest BCUT2D eigenvalue weighted by atomic mass is 10.2. The molecule has 1 amide bonds. The largest absolute Gasteiger partial charge is 0.370 e. The van der Waals surface area contributed by atoms with Crippen LogP contribution in [0.5, 0.6) is 0 Å². The molecule has 1 unspecified atom stereocenters. The van der Waals surface area contributed by atoms with Crippen LogP contribution in [-0.2, 0) is 11.2 Å². The maximum Gasteiger partial charge on any atom is 0.220 e. The summed E-state index contributed by atoms with van der Waals surface area (Å²) in [6.07, 6.45) is 5.02. The van der Waals surface area contributed by atoms with E-state index in [-0.39, 0.29) is 11.9 Å². The van der Waals surface area contributed by atoms with Crippen molar-refractivity contribution in [3.8, 4) is 0 Å². The van der Waals surface area contributed by atoms with Gasteiger partial charge in [-0.05, 0) is 19.3 Å². The second kappa shape index (κ2) is 7.07. The van der Waals surface area contributed by atoms with E-state index in [0.717, 1.165) is 43.0 Å². The summed E-state index contributed by atoms with van der Waals surface area (Å²) in [7, 11) is 0. The first-order chi connectivity index (χ1) is 9.74. The quantitative estimate of drug-likeness (QED) is 0.705. The van der Waals surface area contributed by atoms with Gasteiger partial charge in [-0.25, -0.2) is 9.97 Å². The average Bonchev–Trinajstić information content (AvgIpc) is 2.88. The molecule has 1 atom stereocenters. The Balaban J connectivity index is 2.00. The molecule has 0 bridgehead atoms. The van der Waals surface area contributed by atoms with E-state index in [1.807, 2.05) is 0 Å². The van der Waals surface area contributed by atoms with Crippen LogP contribution < -0.4 is 16.0 Å². The predicted octanol–water partition coefficient (Wildman–Crippen LogP) is 1.55. The van der Waals surface area contributed by atoms with Crippen LogP contribution in [0.2, 0.25) is 0 Å². The lowest BCUT2D eigenvalue weighted by molar-refractivity contribution is -0.119. The minimum absolute atomic E-state index is 0.139. The summed E-state index contributed by atoms with van der Waals surface area (Å²) in [5.74, 6) is 1.91. The smallest absolute Gasteiger partial charge is 0.220 e. The Hall–Kier alpha value is -1.85. The average molecular weight is 277 g/mol. The highest BCUT2D eigenvalue weighted by atomic mass is 16.1. The third-order valence-corrected chi connectivity index (χ3v) is 3.44. The normalized spacial score (nSPS) is 17.9. The number of hydrogen-bond acceptors (Lipinski definition) is 5. The maximum absolute atomic E-state index is 11.2. The van der Waals surface area contributed by atoms with E-state index in [4.69, 9.17) is 0 Å². The van der Waals surface area contributed by atoms with Crippen molar-refractivity contribution in [2.45, 2.75) is 45.6 Å². The monoisotopic (exact) mass is 277 g/mol. The summed E-state index contributed by atoms with van der Waals surface area (Å²) < 4.78 is 0. The molecule has 1 aliphatic rings. The second-order valence-electron chi connectivity index (χ2n) is 5.01. The molecule has 1 saturated heterocycles.